The molecule has 2 saturated heterocycles. The number of nitrogens with zero attached hydrogens (tertiary/aromatic N) is 2. The van der Waals surface area contributed by atoms with Crippen molar-refractivity contribution in [3.63, 3.8) is 0 Å². The second-order valence-corrected chi connectivity index (χ2v) is 7.82. The lowest BCUT2D eigenvalue weighted by Gasteiger charge is -2.34. The molecule has 132 valence electrons. The molecular weight excluding hydrogens is 296 g/mol. The summed E-state index contributed by atoms with van der Waals surface area (Å²) < 4.78 is 0. The van der Waals surface area contributed by atoms with Crippen LogP contribution in [0.25, 0.3) is 0 Å². The van der Waals surface area contributed by atoms with Crippen LogP contribution in [0.4, 0.5) is 0 Å². The van der Waals surface area contributed by atoms with Crippen LogP contribution in [0.3, 0.4) is 0 Å². The standard InChI is InChI=1S/C21H32N2O/c1-17(2)19-7-6-8-20(15-19)18-9-13-22(14-10-18)16-21(24)23-11-4-3-5-12-23/h6-8,15,17-18H,3-5,9-14,16H2,1-2H3. The molecule has 0 spiro atoms. The van der Waals surface area contributed by atoms with E-state index in [0.29, 0.717) is 24.3 Å². The molecule has 3 nitrogen and oxygen atoms in total. The van der Waals surface area contributed by atoms with Crippen LogP contribution in [-0.2, 0) is 4.79 Å². The minimum Gasteiger partial charge on any atom is -0.342 e. The van der Waals surface area contributed by atoms with Crippen LogP contribution in [0.2, 0.25) is 0 Å². The van der Waals surface area contributed by atoms with Crippen LogP contribution in [-0.4, -0.2) is 48.4 Å². The van der Waals surface area contributed by atoms with Gasteiger partial charge in [0.2, 0.25) is 5.91 Å². The van der Waals surface area contributed by atoms with E-state index in [1.807, 2.05) is 0 Å². The van der Waals surface area contributed by atoms with Crippen molar-refractivity contribution in [1.82, 2.24) is 9.80 Å². The highest BCUT2D eigenvalue weighted by atomic mass is 16.2. The maximum absolute atomic E-state index is 12.4. The SMILES string of the molecule is CC(C)c1cccc(C2CCN(CC(=O)N3CCCCC3)CC2)c1. The minimum atomic E-state index is 0.343. The molecule has 1 amide bonds. The van der Waals surface area contributed by atoms with Crippen molar-refractivity contribution in [3.05, 3.63) is 35.4 Å². The van der Waals surface area contributed by atoms with Crippen LogP contribution in [0, 0.1) is 0 Å². The van der Waals surface area contributed by atoms with Crippen molar-refractivity contribution in [2.45, 2.75) is 57.8 Å². The van der Waals surface area contributed by atoms with E-state index in [0.717, 1.165) is 26.2 Å². The van der Waals surface area contributed by atoms with Gasteiger partial charge in [0, 0.05) is 13.1 Å². The molecule has 2 aliphatic rings. The normalized spacial score (nSPS) is 20.5. The maximum atomic E-state index is 12.4. The Morgan fingerprint density at radius 3 is 2.46 bits per heavy atom. The Kier molecular flexibility index (Phi) is 5.94. The number of hydrogen-bond donors (Lipinski definition) is 0. The zero-order chi connectivity index (χ0) is 16.9. The third-order valence-electron chi connectivity index (χ3n) is 5.70. The molecule has 0 bridgehead atoms. The quantitative estimate of drug-likeness (QED) is 0.834. The van der Waals surface area contributed by atoms with Crippen molar-refractivity contribution in [2.24, 2.45) is 0 Å². The summed E-state index contributed by atoms with van der Waals surface area (Å²) in [4.78, 5) is 16.9. The summed E-state index contributed by atoms with van der Waals surface area (Å²) in [7, 11) is 0. The summed E-state index contributed by atoms with van der Waals surface area (Å²) in [6.45, 7) is 9.18. The molecule has 1 aromatic carbocycles. The second-order valence-electron chi connectivity index (χ2n) is 7.82. The average Bonchev–Trinajstić information content (AvgIpc) is 2.63. The lowest BCUT2D eigenvalue weighted by atomic mass is 9.87. The smallest absolute Gasteiger partial charge is 0.236 e. The molecule has 2 fully saturated rings. The third kappa shape index (κ3) is 4.38. The van der Waals surface area contributed by atoms with Gasteiger partial charge in [-0.15, -0.1) is 0 Å². The van der Waals surface area contributed by atoms with E-state index in [1.165, 1.54) is 43.2 Å². The zero-order valence-corrected chi connectivity index (χ0v) is 15.3. The van der Waals surface area contributed by atoms with Crippen LogP contribution >= 0.6 is 0 Å². The Labute approximate surface area is 147 Å². The van der Waals surface area contributed by atoms with Gasteiger partial charge in [-0.05, 0) is 68.2 Å². The van der Waals surface area contributed by atoms with E-state index in [4.69, 9.17) is 0 Å². The van der Waals surface area contributed by atoms with E-state index in [-0.39, 0.29) is 0 Å². The maximum Gasteiger partial charge on any atom is 0.236 e. The number of piperidine rings is 2. The molecule has 0 aromatic heterocycles. The van der Waals surface area contributed by atoms with Gasteiger partial charge >= 0.3 is 0 Å². The first-order valence-corrected chi connectivity index (χ1v) is 9.73. The Morgan fingerprint density at radius 2 is 1.79 bits per heavy atom. The largest absolute Gasteiger partial charge is 0.342 e. The number of hydrogen-bond acceptors (Lipinski definition) is 2. The molecule has 3 rings (SSSR count). The zero-order valence-electron chi connectivity index (χ0n) is 15.3. The summed E-state index contributed by atoms with van der Waals surface area (Å²) in [5.74, 6) is 1.59. The Bertz CT molecular complexity index is 541. The third-order valence-corrected chi connectivity index (χ3v) is 5.70. The lowest BCUT2D eigenvalue weighted by molar-refractivity contribution is -0.133. The highest BCUT2D eigenvalue weighted by molar-refractivity contribution is 5.78. The van der Waals surface area contributed by atoms with Crippen LogP contribution in [0.15, 0.2) is 24.3 Å². The molecule has 24 heavy (non-hydrogen) atoms. The first kappa shape index (κ1) is 17.5. The van der Waals surface area contributed by atoms with E-state index in [9.17, 15) is 4.79 Å². The van der Waals surface area contributed by atoms with Gasteiger partial charge in [0.15, 0.2) is 0 Å². The molecular formula is C21H32N2O. The van der Waals surface area contributed by atoms with Gasteiger partial charge in [0.1, 0.15) is 0 Å². The van der Waals surface area contributed by atoms with Gasteiger partial charge in [-0.2, -0.15) is 0 Å². The number of likely N-dealkylation sites (tertiary alicyclic amines) is 2. The van der Waals surface area contributed by atoms with Gasteiger partial charge in [-0.1, -0.05) is 38.1 Å². The van der Waals surface area contributed by atoms with Crippen LogP contribution < -0.4 is 0 Å². The first-order chi connectivity index (χ1) is 11.6. The lowest BCUT2D eigenvalue weighted by Crippen LogP contribution is -2.44. The van der Waals surface area contributed by atoms with Gasteiger partial charge in [0.25, 0.3) is 0 Å². The van der Waals surface area contributed by atoms with Crippen molar-refractivity contribution < 1.29 is 4.79 Å². The predicted octanol–water partition coefficient (Wildman–Crippen LogP) is 4.00. The highest BCUT2D eigenvalue weighted by Crippen LogP contribution is 2.30. The predicted molar refractivity (Wildman–Crippen MR) is 99.4 cm³/mol. The molecule has 2 aliphatic heterocycles. The number of amides is 1. The number of carbonyl (C=O) groups is 1. The molecule has 3 heteroatoms. The molecule has 0 radical (unpaired) electrons. The van der Waals surface area contributed by atoms with Gasteiger partial charge in [0.05, 0.1) is 6.54 Å². The minimum absolute atomic E-state index is 0.343. The molecule has 2 heterocycles. The Hall–Kier alpha value is -1.35. The van der Waals surface area contributed by atoms with E-state index >= 15 is 0 Å². The Balaban J connectivity index is 1.50. The monoisotopic (exact) mass is 328 g/mol. The van der Waals surface area contributed by atoms with Gasteiger partial charge in [-0.25, -0.2) is 0 Å². The molecule has 1 aromatic rings. The molecule has 0 saturated carbocycles. The first-order valence-electron chi connectivity index (χ1n) is 9.73. The van der Waals surface area contributed by atoms with Crippen LogP contribution in [0.5, 0.6) is 0 Å². The Morgan fingerprint density at radius 1 is 1.08 bits per heavy atom. The number of carbonyl (C=O) groups excluding carboxylic acids is 1. The fraction of sp³-hybridized carbons (Fsp3) is 0.667. The summed E-state index contributed by atoms with van der Waals surface area (Å²) in [6, 6.07) is 9.12. The molecule has 0 aliphatic carbocycles. The summed E-state index contributed by atoms with van der Waals surface area (Å²) in [5.41, 5.74) is 2.93. The summed E-state index contributed by atoms with van der Waals surface area (Å²) in [5, 5.41) is 0. The topological polar surface area (TPSA) is 23.6 Å². The number of rotatable bonds is 4. The van der Waals surface area contributed by atoms with Crippen molar-refractivity contribution in [1.29, 1.82) is 0 Å². The summed E-state index contributed by atoms with van der Waals surface area (Å²) in [6.07, 6.45) is 5.99. The van der Waals surface area contributed by atoms with Gasteiger partial charge < -0.3 is 4.90 Å². The molecule has 0 atom stereocenters. The fourth-order valence-electron chi connectivity index (χ4n) is 4.03. The molecule has 0 unspecified atom stereocenters. The van der Waals surface area contributed by atoms with E-state index in [2.05, 4.69) is 47.9 Å². The summed E-state index contributed by atoms with van der Waals surface area (Å²) >= 11 is 0. The van der Waals surface area contributed by atoms with Crippen molar-refractivity contribution in [2.75, 3.05) is 32.7 Å². The van der Waals surface area contributed by atoms with Crippen LogP contribution in [0.1, 0.15) is 68.9 Å². The molecule has 0 N–H and O–H groups in total. The fourth-order valence-corrected chi connectivity index (χ4v) is 4.03. The highest BCUT2D eigenvalue weighted by Gasteiger charge is 2.24. The van der Waals surface area contributed by atoms with E-state index in [1.54, 1.807) is 0 Å². The van der Waals surface area contributed by atoms with Crippen molar-refractivity contribution in [3.8, 4) is 0 Å². The van der Waals surface area contributed by atoms with Crippen molar-refractivity contribution >= 4 is 5.91 Å². The number of benzene rings is 1. The average molecular weight is 329 g/mol. The second kappa shape index (κ2) is 8.15. The van der Waals surface area contributed by atoms with Gasteiger partial charge in [-0.3, -0.25) is 9.69 Å². The van der Waals surface area contributed by atoms with E-state index < -0.39 is 0 Å².